The zero-order valence-electron chi connectivity index (χ0n) is 11.3. The highest BCUT2D eigenvalue weighted by Gasteiger charge is 2.13. The fourth-order valence-electron chi connectivity index (χ4n) is 1.79. The molecule has 1 aromatic carbocycles. The number of rotatable bonds is 2. The second-order valence-corrected chi connectivity index (χ2v) is 5.56. The van der Waals surface area contributed by atoms with Crippen LogP contribution in [-0.4, -0.2) is 16.1 Å². The first-order valence-electron chi connectivity index (χ1n) is 6.18. The maximum atomic E-state index is 10.8. The summed E-state index contributed by atoms with van der Waals surface area (Å²) >= 11 is 0. The quantitative estimate of drug-likeness (QED) is 0.889. The van der Waals surface area contributed by atoms with Gasteiger partial charge in [-0.05, 0) is 29.2 Å². The van der Waals surface area contributed by atoms with Crippen molar-refractivity contribution in [3.05, 3.63) is 53.7 Å². The Morgan fingerprint density at radius 2 is 1.68 bits per heavy atom. The number of carboxylic acids is 1. The molecule has 1 heterocycles. The molecule has 19 heavy (non-hydrogen) atoms. The first-order chi connectivity index (χ1) is 8.88. The molecule has 0 saturated carbocycles. The Bertz CT molecular complexity index is 578. The molecule has 98 valence electrons. The number of aromatic carboxylic acids is 1. The summed E-state index contributed by atoms with van der Waals surface area (Å²) in [5.41, 5.74) is 3.32. The van der Waals surface area contributed by atoms with Crippen LogP contribution in [0, 0.1) is 0 Å². The standard InChI is InChI=1S/C16H17NO2/c1-16(2,3)13-8-9-14(17-10-13)11-4-6-12(7-5-11)15(18)19/h4-10H,1-3H3,(H,18,19). The monoisotopic (exact) mass is 255 g/mol. The molecular formula is C16H17NO2. The molecule has 0 saturated heterocycles. The van der Waals surface area contributed by atoms with E-state index in [4.69, 9.17) is 5.11 Å². The lowest BCUT2D eigenvalue weighted by molar-refractivity contribution is 0.0697. The van der Waals surface area contributed by atoms with Crippen LogP contribution in [0.4, 0.5) is 0 Å². The largest absolute Gasteiger partial charge is 0.478 e. The van der Waals surface area contributed by atoms with Crippen molar-refractivity contribution in [3.8, 4) is 11.3 Å². The van der Waals surface area contributed by atoms with E-state index >= 15 is 0 Å². The third kappa shape index (κ3) is 2.99. The minimum absolute atomic E-state index is 0.0820. The predicted octanol–water partition coefficient (Wildman–Crippen LogP) is 3.74. The van der Waals surface area contributed by atoms with Crippen LogP contribution in [0.2, 0.25) is 0 Å². The zero-order chi connectivity index (χ0) is 14.0. The van der Waals surface area contributed by atoms with E-state index in [1.807, 2.05) is 12.3 Å². The van der Waals surface area contributed by atoms with E-state index in [1.165, 1.54) is 5.56 Å². The lowest BCUT2D eigenvalue weighted by atomic mass is 9.88. The van der Waals surface area contributed by atoms with Gasteiger partial charge in [0.05, 0.1) is 11.3 Å². The van der Waals surface area contributed by atoms with Gasteiger partial charge in [0, 0.05) is 11.8 Å². The fraction of sp³-hybridized carbons (Fsp3) is 0.250. The van der Waals surface area contributed by atoms with Gasteiger partial charge in [0.25, 0.3) is 0 Å². The molecule has 0 bridgehead atoms. The van der Waals surface area contributed by atoms with E-state index in [-0.39, 0.29) is 11.0 Å². The van der Waals surface area contributed by atoms with Crippen molar-refractivity contribution >= 4 is 5.97 Å². The van der Waals surface area contributed by atoms with Gasteiger partial charge in [-0.2, -0.15) is 0 Å². The van der Waals surface area contributed by atoms with Crippen molar-refractivity contribution in [2.75, 3.05) is 0 Å². The van der Waals surface area contributed by atoms with Crippen LogP contribution in [0.3, 0.4) is 0 Å². The Balaban J connectivity index is 2.30. The van der Waals surface area contributed by atoms with Gasteiger partial charge >= 0.3 is 5.97 Å². The maximum absolute atomic E-state index is 10.8. The Morgan fingerprint density at radius 3 is 2.11 bits per heavy atom. The summed E-state index contributed by atoms with van der Waals surface area (Å²) in [5.74, 6) is -0.914. The molecule has 0 fully saturated rings. The van der Waals surface area contributed by atoms with Gasteiger partial charge in [0.1, 0.15) is 0 Å². The molecule has 0 unspecified atom stereocenters. The van der Waals surface area contributed by atoms with E-state index in [9.17, 15) is 4.79 Å². The zero-order valence-corrected chi connectivity index (χ0v) is 11.3. The van der Waals surface area contributed by atoms with Crippen molar-refractivity contribution in [1.82, 2.24) is 4.98 Å². The van der Waals surface area contributed by atoms with Crippen LogP contribution in [0.15, 0.2) is 42.6 Å². The van der Waals surface area contributed by atoms with Gasteiger partial charge in [-0.1, -0.05) is 39.0 Å². The van der Waals surface area contributed by atoms with Crippen molar-refractivity contribution in [3.63, 3.8) is 0 Å². The number of hydrogen-bond donors (Lipinski definition) is 1. The van der Waals surface area contributed by atoms with Crippen molar-refractivity contribution in [1.29, 1.82) is 0 Å². The maximum Gasteiger partial charge on any atom is 0.335 e. The average Bonchev–Trinajstić information content (AvgIpc) is 2.38. The number of hydrogen-bond acceptors (Lipinski definition) is 2. The van der Waals surface area contributed by atoms with Gasteiger partial charge in [-0.25, -0.2) is 4.79 Å². The topological polar surface area (TPSA) is 50.2 Å². The molecule has 0 radical (unpaired) electrons. The summed E-state index contributed by atoms with van der Waals surface area (Å²) in [5, 5.41) is 8.86. The van der Waals surface area contributed by atoms with E-state index in [1.54, 1.807) is 24.3 Å². The normalized spacial score (nSPS) is 11.3. The van der Waals surface area contributed by atoms with Crippen LogP contribution >= 0.6 is 0 Å². The number of benzene rings is 1. The first kappa shape index (κ1) is 13.3. The molecule has 0 aliphatic carbocycles. The summed E-state index contributed by atoms with van der Waals surface area (Å²) in [7, 11) is 0. The Hall–Kier alpha value is -2.16. The second-order valence-electron chi connectivity index (χ2n) is 5.56. The summed E-state index contributed by atoms with van der Waals surface area (Å²) in [6.45, 7) is 6.43. The van der Waals surface area contributed by atoms with E-state index in [2.05, 4.69) is 31.8 Å². The smallest absolute Gasteiger partial charge is 0.335 e. The molecule has 2 rings (SSSR count). The van der Waals surface area contributed by atoms with E-state index in [0.717, 1.165) is 11.3 Å². The molecule has 3 nitrogen and oxygen atoms in total. The molecule has 2 aromatic rings. The summed E-state index contributed by atoms with van der Waals surface area (Å²) in [6.07, 6.45) is 1.88. The molecule has 0 atom stereocenters. The average molecular weight is 255 g/mol. The number of carboxylic acid groups (broad SMARTS) is 1. The van der Waals surface area contributed by atoms with Crippen molar-refractivity contribution in [2.24, 2.45) is 0 Å². The highest BCUT2D eigenvalue weighted by molar-refractivity contribution is 5.88. The Morgan fingerprint density at radius 1 is 1.05 bits per heavy atom. The van der Waals surface area contributed by atoms with Gasteiger partial charge < -0.3 is 5.11 Å². The molecule has 0 amide bonds. The summed E-state index contributed by atoms with van der Waals surface area (Å²) in [4.78, 5) is 15.2. The van der Waals surface area contributed by atoms with Crippen LogP contribution in [0.5, 0.6) is 0 Å². The molecular weight excluding hydrogens is 238 g/mol. The third-order valence-electron chi connectivity index (χ3n) is 3.06. The van der Waals surface area contributed by atoms with Gasteiger partial charge in [-0.15, -0.1) is 0 Å². The highest BCUT2D eigenvalue weighted by atomic mass is 16.4. The minimum atomic E-state index is -0.914. The van der Waals surface area contributed by atoms with Crippen molar-refractivity contribution < 1.29 is 9.90 Å². The van der Waals surface area contributed by atoms with E-state index < -0.39 is 5.97 Å². The Labute approximate surface area is 112 Å². The molecule has 0 spiro atoms. The van der Waals surface area contributed by atoms with Gasteiger partial charge in [-0.3, -0.25) is 4.98 Å². The third-order valence-corrected chi connectivity index (χ3v) is 3.06. The summed E-state index contributed by atoms with van der Waals surface area (Å²) in [6, 6.07) is 10.8. The molecule has 1 aromatic heterocycles. The van der Waals surface area contributed by atoms with Crippen LogP contribution in [-0.2, 0) is 5.41 Å². The Kier molecular flexibility index (Phi) is 3.38. The van der Waals surface area contributed by atoms with Gasteiger partial charge in [0.15, 0.2) is 0 Å². The lowest BCUT2D eigenvalue weighted by Crippen LogP contribution is -2.11. The minimum Gasteiger partial charge on any atom is -0.478 e. The molecule has 0 aliphatic rings. The summed E-state index contributed by atoms with van der Waals surface area (Å²) < 4.78 is 0. The van der Waals surface area contributed by atoms with Crippen LogP contribution in [0.1, 0.15) is 36.7 Å². The number of aromatic nitrogens is 1. The van der Waals surface area contributed by atoms with Crippen molar-refractivity contribution in [2.45, 2.75) is 26.2 Å². The number of pyridine rings is 1. The first-order valence-corrected chi connectivity index (χ1v) is 6.18. The molecule has 1 N–H and O–H groups in total. The number of nitrogens with zero attached hydrogens (tertiary/aromatic N) is 1. The highest BCUT2D eigenvalue weighted by Crippen LogP contribution is 2.24. The van der Waals surface area contributed by atoms with Crippen LogP contribution < -0.4 is 0 Å². The fourth-order valence-corrected chi connectivity index (χ4v) is 1.79. The van der Waals surface area contributed by atoms with Crippen LogP contribution in [0.25, 0.3) is 11.3 Å². The predicted molar refractivity (Wildman–Crippen MR) is 75.3 cm³/mol. The SMILES string of the molecule is CC(C)(C)c1ccc(-c2ccc(C(=O)O)cc2)nc1. The second kappa shape index (κ2) is 4.84. The molecule has 3 heteroatoms. The van der Waals surface area contributed by atoms with Gasteiger partial charge in [0.2, 0.25) is 0 Å². The number of carbonyl (C=O) groups is 1. The van der Waals surface area contributed by atoms with E-state index in [0.29, 0.717) is 0 Å². The lowest BCUT2D eigenvalue weighted by Gasteiger charge is -2.18. The molecule has 0 aliphatic heterocycles.